The van der Waals surface area contributed by atoms with E-state index in [1.807, 2.05) is 18.2 Å². The van der Waals surface area contributed by atoms with Crippen molar-refractivity contribution in [1.29, 1.82) is 0 Å². The van der Waals surface area contributed by atoms with Crippen molar-refractivity contribution >= 4 is 39.8 Å². The first-order valence-electron chi connectivity index (χ1n) is 7.31. The number of fused-ring (bicyclic) bond motifs is 1. The summed E-state index contributed by atoms with van der Waals surface area (Å²) in [6, 6.07) is 4.42. The lowest BCUT2D eigenvalue weighted by atomic mass is 9.98. The standard InChI is InChI=1S/C16H15BrN2O4/c17-6-9-1-2-10-7-19(12-3-4-14(22)18-16(12)23)15(11(10)5-9)13(21)8-20/h1-2,5,8,12,15H,3-4,6-7H2,(H,18,22,23). The predicted octanol–water partition coefficient (Wildman–Crippen LogP) is 1.01. The highest BCUT2D eigenvalue weighted by Gasteiger charge is 2.43. The number of halogens is 1. The van der Waals surface area contributed by atoms with Crippen molar-refractivity contribution in [1.82, 2.24) is 10.2 Å². The van der Waals surface area contributed by atoms with Crippen molar-refractivity contribution in [3.8, 4) is 0 Å². The van der Waals surface area contributed by atoms with E-state index in [1.54, 1.807) is 4.90 Å². The summed E-state index contributed by atoms with van der Waals surface area (Å²) in [4.78, 5) is 48.5. The molecule has 3 rings (SSSR count). The molecule has 2 unspecified atom stereocenters. The second-order valence-electron chi connectivity index (χ2n) is 5.73. The van der Waals surface area contributed by atoms with Gasteiger partial charge in [-0.2, -0.15) is 0 Å². The summed E-state index contributed by atoms with van der Waals surface area (Å²) in [5.74, 6) is -1.28. The van der Waals surface area contributed by atoms with E-state index in [0.29, 0.717) is 24.6 Å². The molecule has 2 heterocycles. The Labute approximate surface area is 141 Å². The zero-order chi connectivity index (χ0) is 16.6. The molecule has 0 radical (unpaired) electrons. The minimum absolute atomic E-state index is 0.234. The molecule has 1 aromatic rings. The van der Waals surface area contributed by atoms with Gasteiger partial charge >= 0.3 is 0 Å². The summed E-state index contributed by atoms with van der Waals surface area (Å²) in [5.41, 5.74) is 2.70. The van der Waals surface area contributed by atoms with Crippen molar-refractivity contribution in [2.24, 2.45) is 0 Å². The van der Waals surface area contributed by atoms with Crippen molar-refractivity contribution < 1.29 is 19.2 Å². The number of imide groups is 1. The second-order valence-corrected chi connectivity index (χ2v) is 6.29. The van der Waals surface area contributed by atoms with Crippen molar-refractivity contribution in [3.05, 3.63) is 34.9 Å². The van der Waals surface area contributed by atoms with Crippen LogP contribution in [-0.2, 0) is 31.1 Å². The van der Waals surface area contributed by atoms with Crippen molar-refractivity contribution in [2.45, 2.75) is 36.8 Å². The Morgan fingerprint density at radius 1 is 1.39 bits per heavy atom. The molecule has 2 amide bonds. The van der Waals surface area contributed by atoms with Gasteiger partial charge < -0.3 is 0 Å². The van der Waals surface area contributed by atoms with Gasteiger partial charge in [0.15, 0.2) is 6.29 Å². The number of carbonyl (C=O) groups excluding carboxylic acids is 4. The van der Waals surface area contributed by atoms with Gasteiger partial charge in [0.1, 0.15) is 6.04 Å². The molecule has 23 heavy (non-hydrogen) atoms. The Balaban J connectivity index is 1.98. The molecule has 7 heteroatoms. The number of hydrogen-bond acceptors (Lipinski definition) is 5. The molecule has 1 N–H and O–H groups in total. The van der Waals surface area contributed by atoms with Crippen LogP contribution >= 0.6 is 15.9 Å². The van der Waals surface area contributed by atoms with Gasteiger partial charge in [0, 0.05) is 18.3 Å². The highest BCUT2D eigenvalue weighted by molar-refractivity contribution is 9.08. The maximum Gasteiger partial charge on any atom is 0.243 e. The fraction of sp³-hybridized carbons (Fsp3) is 0.375. The third-order valence-electron chi connectivity index (χ3n) is 4.34. The highest BCUT2D eigenvalue weighted by atomic mass is 79.9. The normalized spacial score (nSPS) is 24.2. The third kappa shape index (κ3) is 2.86. The topological polar surface area (TPSA) is 83.6 Å². The van der Waals surface area contributed by atoms with Gasteiger partial charge in [0.2, 0.25) is 17.6 Å². The first-order valence-corrected chi connectivity index (χ1v) is 8.43. The molecule has 1 fully saturated rings. The molecule has 1 aromatic carbocycles. The van der Waals surface area contributed by atoms with Gasteiger partial charge in [0.05, 0.1) is 6.04 Å². The van der Waals surface area contributed by atoms with E-state index in [9.17, 15) is 19.2 Å². The van der Waals surface area contributed by atoms with E-state index in [-0.39, 0.29) is 12.3 Å². The number of Topliss-reactive ketones (excluding diaryl/α,β-unsaturated/α-hetero) is 1. The third-order valence-corrected chi connectivity index (χ3v) is 4.99. The molecule has 0 aliphatic carbocycles. The maximum atomic E-state index is 12.2. The quantitative estimate of drug-likeness (QED) is 0.366. The first kappa shape index (κ1) is 16.0. The van der Waals surface area contributed by atoms with Gasteiger partial charge in [0.25, 0.3) is 0 Å². The lowest BCUT2D eigenvalue weighted by Gasteiger charge is -2.32. The Hall–Kier alpha value is -1.86. The summed E-state index contributed by atoms with van der Waals surface area (Å²) < 4.78 is 0. The smallest absolute Gasteiger partial charge is 0.243 e. The average Bonchev–Trinajstić information content (AvgIpc) is 2.92. The molecular weight excluding hydrogens is 364 g/mol. The van der Waals surface area contributed by atoms with Gasteiger partial charge in [-0.1, -0.05) is 34.1 Å². The van der Waals surface area contributed by atoms with E-state index in [0.717, 1.165) is 16.7 Å². The van der Waals surface area contributed by atoms with E-state index in [2.05, 4.69) is 21.2 Å². The van der Waals surface area contributed by atoms with Crippen LogP contribution in [0, 0.1) is 0 Å². The molecule has 0 saturated carbocycles. The van der Waals surface area contributed by atoms with Crippen LogP contribution in [0.4, 0.5) is 0 Å². The molecule has 0 bridgehead atoms. The number of piperidine rings is 1. The lowest BCUT2D eigenvalue weighted by Crippen LogP contribution is -2.52. The SMILES string of the molecule is O=CC(=O)C1c2cc(CBr)ccc2CN1C1CCC(=O)NC1=O. The molecule has 0 spiro atoms. The molecule has 0 aromatic heterocycles. The summed E-state index contributed by atoms with van der Waals surface area (Å²) in [6.07, 6.45) is 0.893. The molecule has 120 valence electrons. The molecule has 1 saturated heterocycles. The average molecular weight is 379 g/mol. The maximum absolute atomic E-state index is 12.2. The summed E-state index contributed by atoms with van der Waals surface area (Å²) in [7, 11) is 0. The number of benzene rings is 1. The number of hydrogen-bond donors (Lipinski definition) is 1. The van der Waals surface area contributed by atoms with Crippen LogP contribution in [0.5, 0.6) is 0 Å². The van der Waals surface area contributed by atoms with E-state index < -0.39 is 23.8 Å². The van der Waals surface area contributed by atoms with Crippen LogP contribution in [-0.4, -0.2) is 34.8 Å². The monoisotopic (exact) mass is 378 g/mol. The van der Waals surface area contributed by atoms with E-state index in [4.69, 9.17) is 0 Å². The van der Waals surface area contributed by atoms with E-state index in [1.165, 1.54) is 0 Å². The van der Waals surface area contributed by atoms with Gasteiger partial charge in [-0.15, -0.1) is 0 Å². The Kier molecular flexibility index (Phi) is 4.41. The predicted molar refractivity (Wildman–Crippen MR) is 84.6 cm³/mol. The summed E-state index contributed by atoms with van der Waals surface area (Å²) >= 11 is 3.38. The first-order chi connectivity index (χ1) is 11.0. The number of ketones is 1. The number of alkyl halides is 1. The van der Waals surface area contributed by atoms with Crippen LogP contribution in [0.3, 0.4) is 0 Å². The Bertz CT molecular complexity index is 703. The van der Waals surface area contributed by atoms with Crippen molar-refractivity contribution in [2.75, 3.05) is 0 Å². The minimum Gasteiger partial charge on any atom is -0.295 e. The summed E-state index contributed by atoms with van der Waals surface area (Å²) in [5, 5.41) is 2.95. The molecule has 2 aliphatic heterocycles. The largest absolute Gasteiger partial charge is 0.295 e. The van der Waals surface area contributed by atoms with E-state index >= 15 is 0 Å². The molecule has 2 aliphatic rings. The summed E-state index contributed by atoms with van der Waals surface area (Å²) in [6.45, 7) is 0.411. The number of nitrogens with zero attached hydrogens (tertiary/aromatic N) is 1. The van der Waals surface area contributed by atoms with Crippen LogP contribution < -0.4 is 5.32 Å². The van der Waals surface area contributed by atoms with Crippen LogP contribution in [0.1, 0.15) is 35.6 Å². The number of aldehydes is 1. The fourth-order valence-corrected chi connectivity index (χ4v) is 3.61. The number of carbonyl (C=O) groups is 4. The minimum atomic E-state index is -0.759. The van der Waals surface area contributed by atoms with Crippen molar-refractivity contribution in [3.63, 3.8) is 0 Å². The molecule has 6 nitrogen and oxygen atoms in total. The van der Waals surface area contributed by atoms with Gasteiger partial charge in [-0.25, -0.2) is 0 Å². The van der Waals surface area contributed by atoms with Gasteiger partial charge in [-0.3, -0.25) is 29.4 Å². The number of nitrogens with one attached hydrogen (secondary N) is 1. The zero-order valence-corrected chi connectivity index (χ0v) is 13.8. The lowest BCUT2D eigenvalue weighted by molar-refractivity contribution is -0.141. The number of rotatable bonds is 4. The second kappa shape index (κ2) is 6.33. The van der Waals surface area contributed by atoms with Gasteiger partial charge in [-0.05, 0) is 23.1 Å². The zero-order valence-electron chi connectivity index (χ0n) is 12.3. The Morgan fingerprint density at radius 3 is 2.83 bits per heavy atom. The molecular formula is C16H15BrN2O4. The number of amides is 2. The molecule has 2 atom stereocenters. The fourth-order valence-electron chi connectivity index (χ4n) is 3.26. The van der Waals surface area contributed by atoms with Crippen LogP contribution in [0.15, 0.2) is 18.2 Å². The Morgan fingerprint density at radius 2 is 2.17 bits per heavy atom. The van der Waals surface area contributed by atoms with Crippen LogP contribution in [0.2, 0.25) is 0 Å². The highest BCUT2D eigenvalue weighted by Crippen LogP contribution is 2.38. The van der Waals surface area contributed by atoms with Crippen LogP contribution in [0.25, 0.3) is 0 Å².